The Morgan fingerprint density at radius 1 is 1.25 bits per heavy atom. The molecule has 0 bridgehead atoms. The molecular formula is C18H22N2O3S. The number of carbonyl (C=O) groups is 2. The molecule has 0 N–H and O–H groups in total. The van der Waals surface area contributed by atoms with Crippen molar-refractivity contribution in [2.45, 2.75) is 42.7 Å². The van der Waals surface area contributed by atoms with Gasteiger partial charge in [0.1, 0.15) is 6.54 Å². The van der Waals surface area contributed by atoms with Gasteiger partial charge in [-0.1, -0.05) is 25.0 Å². The van der Waals surface area contributed by atoms with E-state index in [-0.39, 0.29) is 30.5 Å². The molecule has 4 rings (SSSR count). The Bertz CT molecular complexity index is 649. The molecular weight excluding hydrogens is 324 g/mol. The Morgan fingerprint density at radius 2 is 2.08 bits per heavy atom. The number of hydrogen-bond acceptors (Lipinski definition) is 4. The van der Waals surface area contributed by atoms with Crippen molar-refractivity contribution in [3.63, 3.8) is 0 Å². The van der Waals surface area contributed by atoms with Crippen LogP contribution in [0.1, 0.15) is 25.7 Å². The second-order valence-electron chi connectivity index (χ2n) is 6.58. The number of rotatable bonds is 2. The number of ether oxygens (including phenoxy) is 1. The van der Waals surface area contributed by atoms with Gasteiger partial charge in [0.2, 0.25) is 11.8 Å². The molecule has 3 aliphatic rings. The summed E-state index contributed by atoms with van der Waals surface area (Å²) in [6, 6.07) is 8.01. The Balaban J connectivity index is 1.52. The van der Waals surface area contributed by atoms with E-state index in [9.17, 15) is 9.59 Å². The number of para-hydroxylation sites is 1. The van der Waals surface area contributed by atoms with Crippen LogP contribution in [0.25, 0.3) is 0 Å². The lowest BCUT2D eigenvalue weighted by Crippen LogP contribution is -2.57. The van der Waals surface area contributed by atoms with E-state index in [4.69, 9.17) is 4.74 Å². The summed E-state index contributed by atoms with van der Waals surface area (Å²) in [6.07, 6.45) is 4.55. The molecule has 2 fully saturated rings. The van der Waals surface area contributed by atoms with Gasteiger partial charge >= 0.3 is 0 Å². The van der Waals surface area contributed by atoms with Crippen LogP contribution >= 0.6 is 11.8 Å². The molecule has 1 aromatic rings. The summed E-state index contributed by atoms with van der Waals surface area (Å²) >= 11 is 1.55. The van der Waals surface area contributed by atoms with Gasteiger partial charge in [0.15, 0.2) is 0 Å². The second-order valence-corrected chi connectivity index (χ2v) is 7.60. The molecule has 1 aliphatic carbocycles. The third-order valence-electron chi connectivity index (χ3n) is 5.15. The minimum absolute atomic E-state index is 0.0144. The van der Waals surface area contributed by atoms with E-state index >= 15 is 0 Å². The summed E-state index contributed by atoms with van der Waals surface area (Å²) in [7, 11) is 0. The highest BCUT2D eigenvalue weighted by atomic mass is 32.2. The molecule has 1 saturated carbocycles. The summed E-state index contributed by atoms with van der Waals surface area (Å²) in [4.78, 5) is 30.0. The van der Waals surface area contributed by atoms with Crippen molar-refractivity contribution in [3.8, 4) is 0 Å². The fourth-order valence-electron chi connectivity index (χ4n) is 3.96. The van der Waals surface area contributed by atoms with Gasteiger partial charge in [0, 0.05) is 11.4 Å². The summed E-state index contributed by atoms with van der Waals surface area (Å²) in [5.41, 5.74) is 0.862. The minimum Gasteiger partial charge on any atom is -0.374 e. The zero-order chi connectivity index (χ0) is 16.5. The van der Waals surface area contributed by atoms with Crippen molar-refractivity contribution in [2.24, 2.45) is 0 Å². The van der Waals surface area contributed by atoms with Crippen molar-refractivity contribution in [1.82, 2.24) is 4.90 Å². The first-order valence-corrected chi connectivity index (χ1v) is 9.66. The number of carbonyl (C=O) groups excluding carboxylic acids is 2. The fraction of sp³-hybridized carbons (Fsp3) is 0.556. The fourth-order valence-corrected chi connectivity index (χ4v) is 4.90. The summed E-state index contributed by atoms with van der Waals surface area (Å²) in [5.74, 6) is 0.463. The monoisotopic (exact) mass is 346 g/mol. The van der Waals surface area contributed by atoms with Crippen molar-refractivity contribution < 1.29 is 14.3 Å². The van der Waals surface area contributed by atoms with Crippen molar-refractivity contribution in [2.75, 3.05) is 30.3 Å². The number of amides is 2. The molecule has 128 valence electrons. The quantitative estimate of drug-likeness (QED) is 0.824. The summed E-state index contributed by atoms with van der Waals surface area (Å²) in [5, 5.41) is 0. The van der Waals surface area contributed by atoms with Crippen LogP contribution in [0.15, 0.2) is 29.2 Å². The predicted molar refractivity (Wildman–Crippen MR) is 93.2 cm³/mol. The second kappa shape index (κ2) is 6.76. The molecule has 0 spiro atoms. The standard InChI is InChI=1S/C18H22N2O3S/c21-17(19-9-10-23-15-7-3-1-5-13(15)19)11-20-14-6-2-4-8-16(14)24-12-18(20)22/h2,4,6,8,13,15H,1,3,5,7,9-12H2/t13-,15+/m0/s1. The van der Waals surface area contributed by atoms with E-state index in [0.717, 1.165) is 29.8 Å². The van der Waals surface area contributed by atoms with E-state index in [2.05, 4.69) is 0 Å². The van der Waals surface area contributed by atoms with E-state index in [1.54, 1.807) is 16.7 Å². The lowest BCUT2D eigenvalue weighted by molar-refractivity contribution is -0.148. The average molecular weight is 346 g/mol. The summed E-state index contributed by atoms with van der Waals surface area (Å²) < 4.78 is 5.85. The molecule has 0 aromatic heterocycles. The first kappa shape index (κ1) is 16.0. The number of nitrogens with zero attached hydrogens (tertiary/aromatic N) is 2. The van der Waals surface area contributed by atoms with Crippen molar-refractivity contribution >= 4 is 29.3 Å². The maximum atomic E-state index is 12.9. The maximum Gasteiger partial charge on any atom is 0.243 e. The molecule has 5 nitrogen and oxygen atoms in total. The first-order valence-electron chi connectivity index (χ1n) is 8.67. The number of anilines is 1. The largest absolute Gasteiger partial charge is 0.374 e. The lowest BCUT2D eigenvalue weighted by Gasteiger charge is -2.44. The number of morpholine rings is 1. The molecule has 1 aromatic carbocycles. The lowest BCUT2D eigenvalue weighted by atomic mass is 9.90. The van der Waals surface area contributed by atoms with Crippen LogP contribution in [0, 0.1) is 0 Å². The number of benzene rings is 1. The Labute approximate surface area is 146 Å². The van der Waals surface area contributed by atoms with E-state index in [1.165, 1.54) is 6.42 Å². The van der Waals surface area contributed by atoms with Crippen molar-refractivity contribution in [1.29, 1.82) is 0 Å². The molecule has 0 radical (unpaired) electrons. The van der Waals surface area contributed by atoms with Gasteiger partial charge in [-0.2, -0.15) is 0 Å². The summed E-state index contributed by atoms with van der Waals surface area (Å²) in [6.45, 7) is 1.38. The van der Waals surface area contributed by atoms with Gasteiger partial charge in [-0.05, 0) is 25.0 Å². The zero-order valence-electron chi connectivity index (χ0n) is 13.6. The van der Waals surface area contributed by atoms with Crippen LogP contribution in [-0.2, 0) is 14.3 Å². The van der Waals surface area contributed by atoms with Gasteiger partial charge in [-0.3, -0.25) is 9.59 Å². The Kier molecular flexibility index (Phi) is 4.50. The van der Waals surface area contributed by atoms with Gasteiger partial charge in [-0.25, -0.2) is 0 Å². The first-order chi connectivity index (χ1) is 11.7. The van der Waals surface area contributed by atoms with E-state index in [1.807, 2.05) is 29.2 Å². The van der Waals surface area contributed by atoms with Crippen LogP contribution in [-0.4, -0.2) is 54.3 Å². The molecule has 2 atom stereocenters. The van der Waals surface area contributed by atoms with Crippen LogP contribution < -0.4 is 4.90 Å². The van der Waals surface area contributed by atoms with Gasteiger partial charge in [0.25, 0.3) is 0 Å². The maximum absolute atomic E-state index is 12.9. The molecule has 24 heavy (non-hydrogen) atoms. The third kappa shape index (κ3) is 2.93. The van der Waals surface area contributed by atoms with Crippen LogP contribution in [0.5, 0.6) is 0 Å². The predicted octanol–water partition coefficient (Wildman–Crippen LogP) is 2.30. The van der Waals surface area contributed by atoms with E-state index < -0.39 is 0 Å². The highest BCUT2D eigenvalue weighted by Crippen LogP contribution is 2.35. The van der Waals surface area contributed by atoms with Crippen LogP contribution in [0.4, 0.5) is 5.69 Å². The SMILES string of the molecule is O=C1CSc2ccccc2N1CC(=O)N1CCO[C@@H]2CCCC[C@@H]21. The topological polar surface area (TPSA) is 49.9 Å². The molecule has 1 saturated heterocycles. The normalized spacial score (nSPS) is 26.8. The number of thioether (sulfide) groups is 1. The van der Waals surface area contributed by atoms with Crippen LogP contribution in [0.3, 0.4) is 0 Å². The average Bonchev–Trinajstić information content (AvgIpc) is 2.63. The number of hydrogen-bond donors (Lipinski definition) is 0. The molecule has 2 aliphatic heterocycles. The third-order valence-corrected chi connectivity index (χ3v) is 6.20. The smallest absolute Gasteiger partial charge is 0.243 e. The highest BCUT2D eigenvalue weighted by Gasteiger charge is 2.38. The highest BCUT2D eigenvalue weighted by molar-refractivity contribution is 8.00. The molecule has 2 amide bonds. The number of fused-ring (bicyclic) bond motifs is 2. The minimum atomic E-state index is 0.0144. The Morgan fingerprint density at radius 3 is 3.00 bits per heavy atom. The Hall–Kier alpha value is -1.53. The van der Waals surface area contributed by atoms with Gasteiger partial charge in [-0.15, -0.1) is 11.8 Å². The van der Waals surface area contributed by atoms with Crippen LogP contribution in [0.2, 0.25) is 0 Å². The molecule has 6 heteroatoms. The zero-order valence-corrected chi connectivity index (χ0v) is 14.5. The van der Waals surface area contributed by atoms with Gasteiger partial charge < -0.3 is 14.5 Å². The van der Waals surface area contributed by atoms with Crippen molar-refractivity contribution in [3.05, 3.63) is 24.3 Å². The van der Waals surface area contributed by atoms with E-state index in [0.29, 0.717) is 18.9 Å². The molecule has 2 heterocycles. The molecule has 0 unspecified atom stereocenters. The van der Waals surface area contributed by atoms with Gasteiger partial charge in [0.05, 0.1) is 30.2 Å².